The van der Waals surface area contributed by atoms with Gasteiger partial charge in [0, 0.05) is 12.3 Å². The molecule has 1 rings (SSSR count). The number of aliphatic hydroxyl groups excluding tert-OH is 1. The monoisotopic (exact) mass is 627 g/mol. The first-order valence-electron chi connectivity index (χ1n) is 18.5. The number of carbonyl (C=O) groups excluding carboxylic acids is 1. The molecule has 3 N–H and O–H groups in total. The molecule has 2 atom stereocenters. The lowest BCUT2D eigenvalue weighted by molar-refractivity contribution is -0.118. The zero-order valence-electron chi connectivity index (χ0n) is 28.1. The minimum Gasteiger partial charge on any atom is -0.389 e. The van der Waals surface area contributed by atoms with E-state index < -0.39 is 14.7 Å². The molecule has 7 heteroatoms. The van der Waals surface area contributed by atoms with Crippen molar-refractivity contribution in [2.45, 2.75) is 186 Å². The van der Waals surface area contributed by atoms with E-state index in [0.717, 1.165) is 32.1 Å². The van der Waals surface area contributed by atoms with Crippen LogP contribution in [0.1, 0.15) is 180 Å². The van der Waals surface area contributed by atoms with E-state index in [0.29, 0.717) is 26.2 Å². The van der Waals surface area contributed by atoms with Crippen LogP contribution in [0.15, 0.2) is 12.2 Å². The quantitative estimate of drug-likeness (QED) is 0.0429. The third kappa shape index (κ3) is 27.5. The van der Waals surface area contributed by atoms with E-state index in [1.54, 1.807) is 0 Å². The fraction of sp³-hybridized carbons (Fsp3) is 0.917. The van der Waals surface area contributed by atoms with Crippen LogP contribution in [0.5, 0.6) is 0 Å². The maximum atomic E-state index is 10.9. The van der Waals surface area contributed by atoms with Crippen molar-refractivity contribution in [1.82, 2.24) is 0 Å². The summed E-state index contributed by atoms with van der Waals surface area (Å²) in [6.45, 7) is 3.99. The van der Waals surface area contributed by atoms with Gasteiger partial charge in [-0.2, -0.15) is 0 Å². The molecule has 0 saturated carbocycles. The molecule has 0 unspecified atom stereocenters. The fourth-order valence-corrected chi connectivity index (χ4v) is 6.80. The predicted octanol–water partition coefficient (Wildman–Crippen LogP) is 10.8. The summed E-state index contributed by atoms with van der Waals surface area (Å²) in [4.78, 5) is 10.8. The van der Waals surface area contributed by atoms with Crippen LogP contribution < -0.4 is 5.73 Å². The lowest BCUT2D eigenvalue weighted by Gasteiger charge is -2.21. The number of nitrogens with two attached hydrogens (primary N) is 1. The summed E-state index contributed by atoms with van der Waals surface area (Å²) in [5.74, 6) is -0.0753. The number of primary amides is 1. The summed E-state index contributed by atoms with van der Waals surface area (Å²) < 4.78 is 16.9. The van der Waals surface area contributed by atoms with Gasteiger partial charge < -0.3 is 24.4 Å². The Kier molecular flexibility index (Phi) is 29.6. The Bertz CT molecular complexity index is 629. The van der Waals surface area contributed by atoms with Gasteiger partial charge in [0.2, 0.25) is 5.91 Å². The Balaban J connectivity index is 2.08. The van der Waals surface area contributed by atoms with Gasteiger partial charge in [-0.1, -0.05) is 160 Å². The minimum absolute atomic E-state index is 0.0969. The third-order valence-electron chi connectivity index (χ3n) is 8.66. The Morgan fingerprint density at radius 3 is 1.65 bits per heavy atom. The van der Waals surface area contributed by atoms with Crippen molar-refractivity contribution < 1.29 is 23.5 Å². The SMILES string of the molecule is CCCCCCCCCCCCC/C=C/[C@@H](O)[C@@H](CCCCCCCCCCCCCCCC(N)=O)COP1OCCO1. The molecule has 0 radical (unpaired) electrons. The van der Waals surface area contributed by atoms with Crippen molar-refractivity contribution in [3.05, 3.63) is 12.2 Å². The summed E-state index contributed by atoms with van der Waals surface area (Å²) in [7, 11) is -1.23. The molecule has 0 aliphatic carbocycles. The van der Waals surface area contributed by atoms with Crippen molar-refractivity contribution in [3.63, 3.8) is 0 Å². The Morgan fingerprint density at radius 2 is 1.16 bits per heavy atom. The number of rotatable bonds is 33. The summed E-state index contributed by atoms with van der Waals surface area (Å²) in [6, 6.07) is 0. The molecule has 1 aliphatic rings. The maximum absolute atomic E-state index is 10.9. The number of allylic oxidation sites excluding steroid dienone is 1. The first kappa shape index (κ1) is 40.5. The van der Waals surface area contributed by atoms with Gasteiger partial charge in [-0.3, -0.25) is 4.79 Å². The van der Waals surface area contributed by atoms with Gasteiger partial charge in [0.15, 0.2) is 0 Å². The second-order valence-corrected chi connectivity index (χ2v) is 14.0. The smallest absolute Gasteiger partial charge is 0.332 e. The van der Waals surface area contributed by atoms with E-state index in [9.17, 15) is 9.90 Å². The van der Waals surface area contributed by atoms with Gasteiger partial charge in [0.05, 0.1) is 25.9 Å². The molecule has 1 heterocycles. The van der Waals surface area contributed by atoms with Gasteiger partial charge >= 0.3 is 8.60 Å². The number of hydrogen-bond acceptors (Lipinski definition) is 5. The number of aliphatic hydroxyl groups is 1. The molecule has 254 valence electrons. The van der Waals surface area contributed by atoms with Crippen LogP contribution in [0.25, 0.3) is 0 Å². The summed E-state index contributed by atoms with van der Waals surface area (Å²) in [6.07, 6.45) is 37.4. The average Bonchev–Trinajstić information content (AvgIpc) is 3.52. The molecule has 43 heavy (non-hydrogen) atoms. The molecule has 0 aromatic rings. The molecule has 0 spiro atoms. The molecule has 1 amide bonds. The van der Waals surface area contributed by atoms with Gasteiger partial charge in [0.1, 0.15) is 0 Å². The molecular weight excluding hydrogens is 557 g/mol. The van der Waals surface area contributed by atoms with Gasteiger partial charge in [-0.25, -0.2) is 0 Å². The highest BCUT2D eigenvalue weighted by Gasteiger charge is 2.23. The van der Waals surface area contributed by atoms with Gasteiger partial charge in [0.25, 0.3) is 0 Å². The molecule has 0 aromatic carbocycles. The van der Waals surface area contributed by atoms with E-state index in [-0.39, 0.29) is 11.8 Å². The summed E-state index contributed by atoms with van der Waals surface area (Å²) in [5, 5.41) is 10.9. The van der Waals surface area contributed by atoms with Crippen molar-refractivity contribution >= 4 is 14.5 Å². The topological polar surface area (TPSA) is 91.0 Å². The Hall–Kier alpha value is -0.520. The van der Waals surface area contributed by atoms with Crippen molar-refractivity contribution in [2.24, 2.45) is 11.7 Å². The zero-order chi connectivity index (χ0) is 31.1. The first-order valence-corrected chi connectivity index (χ1v) is 19.5. The van der Waals surface area contributed by atoms with Crippen molar-refractivity contribution in [2.75, 3.05) is 19.8 Å². The second-order valence-electron chi connectivity index (χ2n) is 12.8. The molecule has 1 saturated heterocycles. The minimum atomic E-state index is -1.23. The van der Waals surface area contributed by atoms with Crippen LogP contribution in [-0.2, 0) is 18.4 Å². The molecule has 0 bridgehead atoms. The van der Waals surface area contributed by atoms with Crippen LogP contribution in [0.3, 0.4) is 0 Å². The van der Waals surface area contributed by atoms with E-state index in [4.69, 9.17) is 19.3 Å². The normalized spacial score (nSPS) is 15.5. The second kappa shape index (κ2) is 31.5. The van der Waals surface area contributed by atoms with Crippen LogP contribution >= 0.6 is 8.60 Å². The zero-order valence-corrected chi connectivity index (χ0v) is 29.0. The number of carbonyl (C=O) groups is 1. The Morgan fingerprint density at radius 1 is 0.721 bits per heavy atom. The molecular formula is C36H70NO5P. The van der Waals surface area contributed by atoms with Crippen LogP contribution in [0.4, 0.5) is 0 Å². The van der Waals surface area contributed by atoms with Crippen LogP contribution in [0.2, 0.25) is 0 Å². The molecule has 1 aliphatic heterocycles. The fourth-order valence-electron chi connectivity index (χ4n) is 5.81. The van der Waals surface area contributed by atoms with Gasteiger partial charge in [-0.15, -0.1) is 0 Å². The molecule has 1 fully saturated rings. The summed E-state index contributed by atoms with van der Waals surface area (Å²) in [5.41, 5.74) is 5.18. The molecule has 6 nitrogen and oxygen atoms in total. The van der Waals surface area contributed by atoms with E-state index in [1.165, 1.54) is 135 Å². The van der Waals surface area contributed by atoms with E-state index >= 15 is 0 Å². The third-order valence-corrected chi connectivity index (χ3v) is 9.81. The van der Waals surface area contributed by atoms with E-state index in [1.807, 2.05) is 6.08 Å². The predicted molar refractivity (Wildman–Crippen MR) is 183 cm³/mol. The highest BCUT2D eigenvalue weighted by Crippen LogP contribution is 2.44. The summed E-state index contributed by atoms with van der Waals surface area (Å²) >= 11 is 0. The maximum Gasteiger partial charge on any atom is 0.332 e. The van der Waals surface area contributed by atoms with Crippen LogP contribution in [-0.4, -0.2) is 36.9 Å². The lowest BCUT2D eigenvalue weighted by Crippen LogP contribution is -2.22. The van der Waals surface area contributed by atoms with Crippen LogP contribution in [0, 0.1) is 5.92 Å². The highest BCUT2D eigenvalue weighted by atomic mass is 31.2. The standard InChI is InChI=1S/C36H70NO5P/c1-2-3-4-5-6-7-8-10-14-17-20-23-26-29-35(38)34(33-42-43-40-31-32-41-43)28-25-22-19-16-13-11-9-12-15-18-21-24-27-30-36(37)39/h26,29,34-35,38H,2-25,27-28,30-33H2,1H3,(H2,37,39)/b29-26+/t34-,35+/m0/s1. The first-order chi connectivity index (χ1) is 21.1. The largest absolute Gasteiger partial charge is 0.389 e. The highest BCUT2D eigenvalue weighted by molar-refractivity contribution is 7.41. The lowest BCUT2D eigenvalue weighted by atomic mass is 9.95. The number of amides is 1. The van der Waals surface area contributed by atoms with Crippen molar-refractivity contribution in [1.29, 1.82) is 0 Å². The number of hydrogen-bond donors (Lipinski definition) is 2. The van der Waals surface area contributed by atoms with Gasteiger partial charge in [-0.05, 0) is 25.7 Å². The van der Waals surface area contributed by atoms with E-state index in [2.05, 4.69) is 13.0 Å². The Labute approximate surface area is 267 Å². The average molecular weight is 628 g/mol. The molecule has 0 aromatic heterocycles. The number of unbranched alkanes of at least 4 members (excludes halogenated alkanes) is 23. The van der Waals surface area contributed by atoms with Crippen molar-refractivity contribution in [3.8, 4) is 0 Å².